The fourth-order valence-corrected chi connectivity index (χ4v) is 3.34. The first kappa shape index (κ1) is 16.4. The summed E-state index contributed by atoms with van der Waals surface area (Å²) in [6.45, 7) is 0. The molecule has 26 heavy (non-hydrogen) atoms. The summed E-state index contributed by atoms with van der Waals surface area (Å²) in [5, 5.41) is 6.88. The third-order valence-electron chi connectivity index (χ3n) is 4.00. The normalized spacial score (nSPS) is 10.8. The number of para-hydroxylation sites is 1. The predicted molar refractivity (Wildman–Crippen MR) is 99.1 cm³/mol. The summed E-state index contributed by atoms with van der Waals surface area (Å²) in [6, 6.07) is 16.6. The van der Waals surface area contributed by atoms with E-state index in [9.17, 15) is 4.79 Å². The van der Waals surface area contributed by atoms with Crippen LogP contribution >= 0.6 is 11.3 Å². The molecule has 0 unspecified atom stereocenters. The molecule has 0 fully saturated rings. The van der Waals surface area contributed by atoms with Crippen LogP contribution in [0.2, 0.25) is 0 Å². The lowest BCUT2D eigenvalue weighted by molar-refractivity contribution is 0.0740. The van der Waals surface area contributed by atoms with Gasteiger partial charge >= 0.3 is 5.97 Å². The van der Waals surface area contributed by atoms with Crippen LogP contribution in [-0.2, 0) is 6.42 Å². The van der Waals surface area contributed by atoms with E-state index in [1.165, 1.54) is 11.3 Å². The van der Waals surface area contributed by atoms with Crippen molar-refractivity contribution in [2.45, 2.75) is 6.42 Å². The Morgan fingerprint density at radius 3 is 2.85 bits per heavy atom. The summed E-state index contributed by atoms with van der Waals surface area (Å²) in [7, 11) is 1.65. The van der Waals surface area contributed by atoms with Crippen LogP contribution in [0.3, 0.4) is 0 Å². The number of hydrogen-bond donors (Lipinski definition) is 0. The minimum absolute atomic E-state index is 0.381. The molecule has 0 aliphatic rings. The Kier molecular flexibility index (Phi) is 4.41. The van der Waals surface area contributed by atoms with Crippen molar-refractivity contribution in [2.75, 3.05) is 7.11 Å². The largest absolute Gasteiger partial charge is 0.496 e. The molecule has 0 amide bonds. The van der Waals surface area contributed by atoms with Crippen LogP contribution in [0, 0.1) is 0 Å². The van der Waals surface area contributed by atoms with Gasteiger partial charge in [-0.25, -0.2) is 4.79 Å². The molecule has 4 aromatic rings. The van der Waals surface area contributed by atoms with E-state index in [1.54, 1.807) is 25.3 Å². The van der Waals surface area contributed by atoms with Crippen LogP contribution in [0.15, 0.2) is 64.5 Å². The van der Waals surface area contributed by atoms with Gasteiger partial charge in [0, 0.05) is 23.4 Å². The van der Waals surface area contributed by atoms with Gasteiger partial charge in [-0.3, -0.25) is 0 Å². The molecular weight excluding hydrogens is 350 g/mol. The molecule has 4 rings (SSSR count). The number of fused-ring (bicyclic) bond motifs is 1. The van der Waals surface area contributed by atoms with Crippen LogP contribution < -0.4 is 9.47 Å². The molecule has 0 radical (unpaired) electrons. The topological polar surface area (TPSA) is 61.6 Å². The van der Waals surface area contributed by atoms with Gasteiger partial charge in [0.15, 0.2) is 5.58 Å². The van der Waals surface area contributed by atoms with Gasteiger partial charge in [0.05, 0.1) is 12.8 Å². The zero-order valence-electron chi connectivity index (χ0n) is 14.0. The molecule has 0 bridgehead atoms. The molecular formula is C20H15NO4S. The fraction of sp³-hybridized carbons (Fsp3) is 0.100. The van der Waals surface area contributed by atoms with E-state index in [-0.39, 0.29) is 5.97 Å². The summed E-state index contributed by atoms with van der Waals surface area (Å²) < 4.78 is 16.2. The maximum absolute atomic E-state index is 12.1. The van der Waals surface area contributed by atoms with E-state index < -0.39 is 0 Å². The minimum atomic E-state index is -0.381. The smallest absolute Gasteiger partial charge is 0.353 e. The maximum Gasteiger partial charge on any atom is 0.353 e. The number of hydrogen-bond acceptors (Lipinski definition) is 6. The first-order valence-electron chi connectivity index (χ1n) is 8.00. The number of rotatable bonds is 5. The van der Waals surface area contributed by atoms with Crippen LogP contribution in [0.5, 0.6) is 11.5 Å². The van der Waals surface area contributed by atoms with Crippen molar-refractivity contribution in [3.05, 3.63) is 76.1 Å². The van der Waals surface area contributed by atoms with Gasteiger partial charge in [-0.2, -0.15) is 0 Å². The molecule has 2 aromatic heterocycles. The Balaban J connectivity index is 1.58. The average Bonchev–Trinajstić information content (AvgIpc) is 3.32. The summed E-state index contributed by atoms with van der Waals surface area (Å²) in [6.07, 6.45) is 0.589. The lowest BCUT2D eigenvalue weighted by Crippen LogP contribution is -2.05. The molecule has 0 saturated heterocycles. The highest BCUT2D eigenvalue weighted by Gasteiger charge is 2.14. The van der Waals surface area contributed by atoms with Crippen molar-refractivity contribution in [1.29, 1.82) is 0 Å². The van der Waals surface area contributed by atoms with Crippen molar-refractivity contribution in [1.82, 2.24) is 5.16 Å². The number of carbonyl (C=O) groups excluding carboxylic acids is 1. The van der Waals surface area contributed by atoms with Crippen LogP contribution in [0.4, 0.5) is 0 Å². The van der Waals surface area contributed by atoms with Gasteiger partial charge in [0.25, 0.3) is 0 Å². The van der Waals surface area contributed by atoms with Gasteiger partial charge in [-0.05, 0) is 29.6 Å². The molecule has 0 spiro atoms. The quantitative estimate of drug-likeness (QED) is 0.379. The lowest BCUT2D eigenvalue weighted by Gasteiger charge is -2.06. The highest BCUT2D eigenvalue weighted by molar-refractivity contribution is 7.12. The van der Waals surface area contributed by atoms with E-state index >= 15 is 0 Å². The number of methoxy groups -OCH3 is 1. The summed E-state index contributed by atoms with van der Waals surface area (Å²) in [5.41, 5.74) is 2.41. The van der Waals surface area contributed by atoms with E-state index in [1.807, 2.05) is 41.8 Å². The third kappa shape index (κ3) is 3.19. The maximum atomic E-state index is 12.1. The molecule has 0 atom stereocenters. The van der Waals surface area contributed by atoms with E-state index in [0.717, 1.165) is 22.4 Å². The van der Waals surface area contributed by atoms with Crippen LogP contribution in [0.25, 0.3) is 11.0 Å². The summed E-state index contributed by atoms with van der Waals surface area (Å²) >= 11 is 1.34. The van der Waals surface area contributed by atoms with Crippen molar-refractivity contribution >= 4 is 28.3 Å². The number of ether oxygens (including phenoxy) is 2. The minimum Gasteiger partial charge on any atom is -0.496 e. The fourth-order valence-electron chi connectivity index (χ4n) is 2.74. The second kappa shape index (κ2) is 7.01. The summed E-state index contributed by atoms with van der Waals surface area (Å²) in [4.78, 5) is 12.6. The van der Waals surface area contributed by atoms with Crippen molar-refractivity contribution in [3.63, 3.8) is 0 Å². The molecule has 0 saturated carbocycles. The zero-order chi connectivity index (χ0) is 17.9. The number of esters is 1. The molecule has 0 aliphatic carbocycles. The van der Waals surface area contributed by atoms with E-state index in [0.29, 0.717) is 22.6 Å². The van der Waals surface area contributed by atoms with Gasteiger partial charge in [0.1, 0.15) is 16.4 Å². The number of benzene rings is 2. The van der Waals surface area contributed by atoms with Crippen LogP contribution in [0.1, 0.15) is 20.9 Å². The highest BCUT2D eigenvalue weighted by Crippen LogP contribution is 2.28. The van der Waals surface area contributed by atoms with Crippen molar-refractivity contribution in [2.24, 2.45) is 0 Å². The average molecular weight is 365 g/mol. The summed E-state index contributed by atoms with van der Waals surface area (Å²) in [5.74, 6) is 0.856. The Morgan fingerprint density at radius 1 is 1.15 bits per heavy atom. The Hall–Kier alpha value is -3.12. The molecule has 130 valence electrons. The molecule has 2 aromatic carbocycles. The Labute approximate surface area is 153 Å². The predicted octanol–water partition coefficient (Wildman–Crippen LogP) is 4.71. The first-order chi connectivity index (χ1) is 12.7. The molecule has 6 heteroatoms. The Bertz CT molecular complexity index is 1050. The number of carbonyl (C=O) groups is 1. The molecule has 2 heterocycles. The zero-order valence-corrected chi connectivity index (χ0v) is 14.8. The number of aromatic nitrogens is 1. The standard InChI is InChI=1S/C20H15NO4S/c1-23-17-6-3-2-5-13(17)11-16-15-9-8-14(12-18(15)25-21-16)24-20(22)19-7-4-10-26-19/h2-10,12H,11H2,1H3. The Morgan fingerprint density at radius 2 is 2.04 bits per heavy atom. The van der Waals surface area contributed by atoms with E-state index in [2.05, 4.69) is 5.16 Å². The van der Waals surface area contributed by atoms with Crippen molar-refractivity contribution in [3.8, 4) is 11.5 Å². The van der Waals surface area contributed by atoms with E-state index in [4.69, 9.17) is 14.0 Å². The second-order valence-electron chi connectivity index (χ2n) is 5.64. The van der Waals surface area contributed by atoms with Crippen LogP contribution in [-0.4, -0.2) is 18.2 Å². The lowest BCUT2D eigenvalue weighted by atomic mass is 10.1. The number of thiophene rings is 1. The van der Waals surface area contributed by atoms with Crippen molar-refractivity contribution < 1.29 is 18.8 Å². The second-order valence-corrected chi connectivity index (χ2v) is 6.59. The first-order valence-corrected chi connectivity index (χ1v) is 8.88. The van der Waals surface area contributed by atoms with Gasteiger partial charge in [-0.1, -0.05) is 29.4 Å². The third-order valence-corrected chi connectivity index (χ3v) is 4.85. The molecule has 5 nitrogen and oxygen atoms in total. The number of nitrogens with zero attached hydrogens (tertiary/aromatic N) is 1. The highest BCUT2D eigenvalue weighted by atomic mass is 32.1. The SMILES string of the molecule is COc1ccccc1Cc1noc2cc(OC(=O)c3cccs3)ccc12. The molecule has 0 N–H and O–H groups in total. The van der Waals surface area contributed by atoms with Gasteiger partial charge in [0.2, 0.25) is 0 Å². The molecule has 0 aliphatic heterocycles. The monoisotopic (exact) mass is 365 g/mol. The van der Waals surface area contributed by atoms with Gasteiger partial charge in [-0.15, -0.1) is 11.3 Å². The van der Waals surface area contributed by atoms with Gasteiger partial charge < -0.3 is 14.0 Å².